The molecule has 1 aliphatic heterocycles. The lowest BCUT2D eigenvalue weighted by molar-refractivity contribution is -0.147. The molecule has 6 nitrogen and oxygen atoms in total. The summed E-state index contributed by atoms with van der Waals surface area (Å²) < 4.78 is 27.7. The summed E-state index contributed by atoms with van der Waals surface area (Å²) in [7, 11) is 1.30. The van der Waals surface area contributed by atoms with Crippen molar-refractivity contribution in [2.24, 2.45) is 0 Å². The zero-order valence-electron chi connectivity index (χ0n) is 13.3. The van der Waals surface area contributed by atoms with Crippen LogP contribution in [0.2, 0.25) is 0 Å². The summed E-state index contributed by atoms with van der Waals surface area (Å²) in [6.07, 6.45) is 0. The molecular weight excluding hydrogens is 304 g/mol. The highest BCUT2D eigenvalue weighted by Gasteiger charge is 2.48. The van der Waals surface area contributed by atoms with E-state index in [1.807, 2.05) is 45.0 Å². The van der Waals surface area contributed by atoms with Crippen molar-refractivity contribution in [2.75, 3.05) is 18.6 Å². The average molecular weight is 326 g/mol. The van der Waals surface area contributed by atoms with Crippen molar-refractivity contribution in [3.05, 3.63) is 29.8 Å². The Hall–Kier alpha value is -1.44. The molecule has 2 atom stereocenters. The predicted octanol–water partition coefficient (Wildman–Crippen LogP) is 1.79. The molecule has 22 heavy (non-hydrogen) atoms. The summed E-state index contributed by atoms with van der Waals surface area (Å²) in [5.74, 6) is -0.515. The fourth-order valence-electron chi connectivity index (χ4n) is 3.22. The van der Waals surface area contributed by atoms with Gasteiger partial charge in [0, 0.05) is 18.8 Å². The number of rotatable bonds is 3. The van der Waals surface area contributed by atoms with Gasteiger partial charge in [0.15, 0.2) is 0 Å². The second-order valence-corrected chi connectivity index (χ2v) is 6.69. The lowest BCUT2D eigenvalue weighted by Crippen LogP contribution is -2.61. The van der Waals surface area contributed by atoms with Gasteiger partial charge in [-0.2, -0.15) is 4.31 Å². The number of hydrogen-bond acceptors (Lipinski definition) is 4. The molecule has 2 unspecified atom stereocenters. The quantitative estimate of drug-likeness (QED) is 0.677. The second-order valence-electron chi connectivity index (χ2n) is 5.76. The molecule has 122 valence electrons. The van der Waals surface area contributed by atoms with Crippen molar-refractivity contribution in [3.8, 4) is 0 Å². The Morgan fingerprint density at radius 3 is 2.64 bits per heavy atom. The Morgan fingerprint density at radius 1 is 1.45 bits per heavy atom. The van der Waals surface area contributed by atoms with Gasteiger partial charge in [0.1, 0.15) is 6.04 Å². The maximum absolute atomic E-state index is 12.3. The molecule has 0 radical (unpaired) electrons. The predicted molar refractivity (Wildman–Crippen MR) is 85.7 cm³/mol. The number of hydrogen-bond donors (Lipinski definition) is 1. The highest BCUT2D eigenvalue weighted by atomic mass is 32.2. The fourth-order valence-corrected chi connectivity index (χ4v) is 3.99. The first-order valence-corrected chi connectivity index (χ1v) is 8.22. The molecule has 0 aromatic heterocycles. The van der Waals surface area contributed by atoms with Gasteiger partial charge in [0.05, 0.1) is 12.6 Å². The van der Waals surface area contributed by atoms with E-state index in [2.05, 4.69) is 4.90 Å². The van der Waals surface area contributed by atoms with Crippen LogP contribution in [0.5, 0.6) is 0 Å². The lowest BCUT2D eigenvalue weighted by Gasteiger charge is -2.44. The third kappa shape index (κ3) is 2.76. The summed E-state index contributed by atoms with van der Waals surface area (Å²) >= 11 is -2.28. The van der Waals surface area contributed by atoms with E-state index >= 15 is 0 Å². The van der Waals surface area contributed by atoms with Crippen LogP contribution in [0.1, 0.15) is 26.3 Å². The first kappa shape index (κ1) is 16.9. The monoisotopic (exact) mass is 326 g/mol. The van der Waals surface area contributed by atoms with Gasteiger partial charge in [0.25, 0.3) is 0 Å². The maximum Gasteiger partial charge on any atom is 0.326 e. The Kier molecular flexibility index (Phi) is 4.89. The molecule has 1 aliphatic rings. The fraction of sp³-hybridized carbons (Fsp3) is 0.533. The molecule has 1 N–H and O–H groups in total. The largest absolute Gasteiger partial charge is 0.468 e. The average Bonchev–Trinajstić information content (AvgIpc) is 2.57. The standard InChI is InChI=1S/C15H22N2O4S/c1-5-16-12-9-7-6-8-11(12)10-17(22(19)20)13(14(18)21-4)15(16,2)3/h6-9,13H,5,10H2,1-4H3,(H,19,20). The Bertz CT molecular complexity index is 591. The van der Waals surface area contributed by atoms with Crippen molar-refractivity contribution in [1.29, 1.82) is 0 Å². The molecule has 0 amide bonds. The summed E-state index contributed by atoms with van der Waals surface area (Å²) in [4.78, 5) is 14.4. The van der Waals surface area contributed by atoms with Crippen molar-refractivity contribution < 1.29 is 18.3 Å². The Morgan fingerprint density at radius 2 is 2.09 bits per heavy atom. The second kappa shape index (κ2) is 6.36. The van der Waals surface area contributed by atoms with Gasteiger partial charge >= 0.3 is 5.97 Å². The zero-order chi connectivity index (χ0) is 16.5. The number of likely N-dealkylation sites (N-methyl/N-ethyl adjacent to an activating group) is 1. The van der Waals surface area contributed by atoms with Gasteiger partial charge < -0.3 is 9.64 Å². The summed E-state index contributed by atoms with van der Waals surface area (Å²) in [6, 6.07) is 6.84. The van der Waals surface area contributed by atoms with Gasteiger partial charge in [0.2, 0.25) is 11.3 Å². The van der Waals surface area contributed by atoms with Crippen LogP contribution < -0.4 is 4.90 Å². The number of esters is 1. The molecule has 0 fully saturated rings. The van der Waals surface area contributed by atoms with Gasteiger partial charge in [-0.3, -0.25) is 9.35 Å². The van der Waals surface area contributed by atoms with Crippen molar-refractivity contribution in [1.82, 2.24) is 4.31 Å². The topological polar surface area (TPSA) is 70.1 Å². The van der Waals surface area contributed by atoms with E-state index in [9.17, 15) is 13.6 Å². The van der Waals surface area contributed by atoms with E-state index in [0.717, 1.165) is 11.3 Å². The van der Waals surface area contributed by atoms with E-state index in [-0.39, 0.29) is 6.54 Å². The van der Waals surface area contributed by atoms with Crippen LogP contribution >= 0.6 is 0 Å². The molecule has 1 heterocycles. The number of nitrogens with zero attached hydrogens (tertiary/aromatic N) is 2. The number of methoxy groups -OCH3 is 1. The summed E-state index contributed by atoms with van der Waals surface area (Å²) in [5.41, 5.74) is 1.18. The van der Waals surface area contributed by atoms with Crippen LogP contribution in [-0.4, -0.2) is 44.3 Å². The zero-order valence-corrected chi connectivity index (χ0v) is 14.1. The van der Waals surface area contributed by atoms with Crippen LogP contribution in [0.3, 0.4) is 0 Å². The normalized spacial score (nSPS) is 22.6. The van der Waals surface area contributed by atoms with E-state index in [1.54, 1.807) is 0 Å². The molecule has 7 heteroatoms. The number of ether oxygens (including phenoxy) is 1. The minimum absolute atomic E-state index is 0.207. The summed E-state index contributed by atoms with van der Waals surface area (Å²) in [6.45, 7) is 6.65. The van der Waals surface area contributed by atoms with E-state index in [0.29, 0.717) is 6.54 Å². The minimum Gasteiger partial charge on any atom is -0.468 e. The molecule has 0 aliphatic carbocycles. The number of fused-ring (bicyclic) bond motifs is 1. The molecule has 0 spiro atoms. The summed E-state index contributed by atoms with van der Waals surface area (Å²) in [5, 5.41) is 0. The SMILES string of the molecule is CCN1c2ccccc2CN(S(=O)O)C(C(=O)OC)C1(C)C. The molecule has 0 bridgehead atoms. The highest BCUT2D eigenvalue weighted by Crippen LogP contribution is 2.37. The van der Waals surface area contributed by atoms with Crippen molar-refractivity contribution in [2.45, 2.75) is 38.9 Å². The van der Waals surface area contributed by atoms with E-state index < -0.39 is 28.8 Å². The highest BCUT2D eigenvalue weighted by molar-refractivity contribution is 7.76. The van der Waals surface area contributed by atoms with Crippen LogP contribution in [0.15, 0.2) is 24.3 Å². The van der Waals surface area contributed by atoms with Crippen molar-refractivity contribution >= 4 is 22.9 Å². The maximum atomic E-state index is 12.3. The molecular formula is C15H22N2O4S. The third-order valence-electron chi connectivity index (χ3n) is 4.20. The number of para-hydroxylation sites is 1. The van der Waals surface area contributed by atoms with Gasteiger partial charge in [-0.05, 0) is 32.4 Å². The molecule has 1 aromatic carbocycles. The van der Waals surface area contributed by atoms with Crippen LogP contribution in [0.4, 0.5) is 5.69 Å². The molecule has 2 rings (SSSR count). The van der Waals surface area contributed by atoms with Crippen LogP contribution in [-0.2, 0) is 27.3 Å². The van der Waals surface area contributed by atoms with Gasteiger partial charge in [-0.15, -0.1) is 0 Å². The van der Waals surface area contributed by atoms with Crippen LogP contribution in [0, 0.1) is 0 Å². The number of carbonyl (C=O) groups excluding carboxylic acids is 1. The van der Waals surface area contributed by atoms with Crippen molar-refractivity contribution in [3.63, 3.8) is 0 Å². The van der Waals surface area contributed by atoms with E-state index in [4.69, 9.17) is 4.74 Å². The molecule has 1 aromatic rings. The van der Waals surface area contributed by atoms with Gasteiger partial charge in [-0.25, -0.2) is 4.21 Å². The number of carbonyl (C=O) groups is 1. The smallest absolute Gasteiger partial charge is 0.326 e. The Labute approximate surface area is 133 Å². The van der Waals surface area contributed by atoms with Gasteiger partial charge in [-0.1, -0.05) is 18.2 Å². The Balaban J connectivity index is 2.65. The molecule has 0 saturated heterocycles. The minimum atomic E-state index is -2.28. The number of anilines is 1. The third-order valence-corrected chi connectivity index (χ3v) is 4.94. The van der Waals surface area contributed by atoms with E-state index in [1.165, 1.54) is 11.4 Å². The first-order chi connectivity index (χ1) is 10.3. The molecule has 0 saturated carbocycles. The first-order valence-electron chi connectivity index (χ1n) is 7.15. The number of benzene rings is 1. The van der Waals surface area contributed by atoms with Crippen LogP contribution in [0.25, 0.3) is 0 Å². The lowest BCUT2D eigenvalue weighted by atomic mass is 9.92.